The van der Waals surface area contributed by atoms with Crippen LogP contribution in [0.5, 0.6) is 0 Å². The van der Waals surface area contributed by atoms with E-state index in [1.807, 2.05) is 24.3 Å². The molecule has 2 nitrogen and oxygen atoms in total. The van der Waals surface area contributed by atoms with Crippen molar-refractivity contribution in [3.63, 3.8) is 0 Å². The number of rotatable bonds is 6. The van der Waals surface area contributed by atoms with Crippen molar-refractivity contribution >= 4 is 0 Å². The topological polar surface area (TPSA) is 21.3 Å². The molecule has 0 aliphatic heterocycles. The Bertz CT molecular complexity index is 572. The van der Waals surface area contributed by atoms with Gasteiger partial charge in [0.25, 0.3) is 0 Å². The molecule has 0 aliphatic carbocycles. The molecule has 20 heavy (non-hydrogen) atoms. The van der Waals surface area contributed by atoms with Crippen LogP contribution in [0.2, 0.25) is 0 Å². The number of ether oxygens (including phenoxy) is 1. The van der Waals surface area contributed by atoms with Gasteiger partial charge in [-0.05, 0) is 28.8 Å². The van der Waals surface area contributed by atoms with Crippen molar-refractivity contribution in [3.05, 3.63) is 70.8 Å². The van der Waals surface area contributed by atoms with E-state index in [9.17, 15) is 8.78 Å². The first kappa shape index (κ1) is 14.6. The zero-order valence-electron chi connectivity index (χ0n) is 11.3. The molecule has 0 bridgehead atoms. The number of hydrogen-bond acceptors (Lipinski definition) is 2. The van der Waals surface area contributed by atoms with Crippen LogP contribution in [0.4, 0.5) is 8.78 Å². The third kappa shape index (κ3) is 3.85. The normalized spacial score (nSPS) is 10.8. The first-order valence-electron chi connectivity index (χ1n) is 6.41. The number of hydrogen-bond donors (Lipinski definition) is 1. The Morgan fingerprint density at radius 3 is 2.40 bits per heavy atom. The van der Waals surface area contributed by atoms with Crippen molar-refractivity contribution in [2.45, 2.75) is 19.7 Å². The summed E-state index contributed by atoms with van der Waals surface area (Å²) < 4.78 is 31.0. The van der Waals surface area contributed by atoms with Crippen molar-refractivity contribution in [1.29, 1.82) is 0 Å². The Labute approximate surface area is 117 Å². The average Bonchev–Trinajstić information content (AvgIpc) is 2.45. The molecule has 0 saturated carbocycles. The average molecular weight is 277 g/mol. The second kappa shape index (κ2) is 7.12. The van der Waals surface area contributed by atoms with E-state index in [1.54, 1.807) is 13.2 Å². The molecule has 0 fully saturated rings. The summed E-state index contributed by atoms with van der Waals surface area (Å²) in [5, 5.41) is 3.22. The summed E-state index contributed by atoms with van der Waals surface area (Å²) in [4.78, 5) is 0. The van der Waals surface area contributed by atoms with Crippen LogP contribution < -0.4 is 5.32 Å². The molecular weight excluding hydrogens is 260 g/mol. The van der Waals surface area contributed by atoms with Gasteiger partial charge in [0.1, 0.15) is 0 Å². The van der Waals surface area contributed by atoms with Gasteiger partial charge in [0.15, 0.2) is 11.6 Å². The minimum Gasteiger partial charge on any atom is -0.380 e. The highest BCUT2D eigenvalue weighted by atomic mass is 19.2. The van der Waals surface area contributed by atoms with Gasteiger partial charge in [0.05, 0.1) is 6.61 Å². The summed E-state index contributed by atoms with van der Waals surface area (Å²) in [5.74, 6) is -1.64. The van der Waals surface area contributed by atoms with E-state index in [0.29, 0.717) is 25.3 Å². The van der Waals surface area contributed by atoms with Crippen LogP contribution in [-0.4, -0.2) is 7.11 Å². The van der Waals surface area contributed by atoms with E-state index in [4.69, 9.17) is 4.74 Å². The zero-order chi connectivity index (χ0) is 14.4. The molecule has 0 atom stereocenters. The minimum absolute atomic E-state index is 0.485. The van der Waals surface area contributed by atoms with Crippen molar-refractivity contribution in [1.82, 2.24) is 5.32 Å². The highest BCUT2D eigenvalue weighted by Crippen LogP contribution is 2.11. The molecule has 2 aromatic rings. The smallest absolute Gasteiger partial charge is 0.159 e. The first-order chi connectivity index (χ1) is 9.70. The Morgan fingerprint density at radius 2 is 1.70 bits per heavy atom. The van der Waals surface area contributed by atoms with Crippen molar-refractivity contribution in [2.75, 3.05) is 7.11 Å². The molecule has 0 aliphatic rings. The highest BCUT2D eigenvalue weighted by Gasteiger charge is 2.04. The quantitative estimate of drug-likeness (QED) is 0.873. The van der Waals surface area contributed by atoms with Gasteiger partial charge in [-0.3, -0.25) is 0 Å². The fourth-order valence-corrected chi connectivity index (χ4v) is 2.02. The van der Waals surface area contributed by atoms with Gasteiger partial charge < -0.3 is 10.1 Å². The van der Waals surface area contributed by atoms with E-state index < -0.39 is 11.6 Å². The molecule has 0 heterocycles. The van der Waals surface area contributed by atoms with Crippen LogP contribution in [0.1, 0.15) is 16.7 Å². The standard InChI is InChI=1S/C16H17F2NO/c1-20-11-14-5-3-2-4-13(14)10-19-9-12-6-7-15(17)16(18)8-12/h2-8,19H,9-11H2,1H3. The summed E-state index contributed by atoms with van der Waals surface area (Å²) in [5.41, 5.74) is 2.97. The molecule has 0 unspecified atom stereocenters. The van der Waals surface area contributed by atoms with Crippen LogP contribution in [0, 0.1) is 11.6 Å². The van der Waals surface area contributed by atoms with Gasteiger partial charge in [-0.15, -0.1) is 0 Å². The molecule has 2 rings (SSSR count). The lowest BCUT2D eigenvalue weighted by Gasteiger charge is -2.10. The molecule has 106 valence electrons. The lowest BCUT2D eigenvalue weighted by atomic mass is 10.1. The maximum Gasteiger partial charge on any atom is 0.159 e. The van der Waals surface area contributed by atoms with Crippen LogP contribution >= 0.6 is 0 Å². The summed E-state index contributed by atoms with van der Waals surface area (Å²) >= 11 is 0. The van der Waals surface area contributed by atoms with E-state index in [-0.39, 0.29) is 0 Å². The number of nitrogens with one attached hydrogen (secondary N) is 1. The Hall–Kier alpha value is -1.78. The predicted octanol–water partition coefficient (Wildman–Crippen LogP) is 3.40. The fraction of sp³-hybridized carbons (Fsp3) is 0.250. The Kier molecular flexibility index (Phi) is 5.21. The monoisotopic (exact) mass is 277 g/mol. The first-order valence-corrected chi connectivity index (χ1v) is 6.41. The molecule has 0 radical (unpaired) electrons. The second-order valence-corrected chi connectivity index (χ2v) is 4.55. The number of halogens is 2. The Balaban J connectivity index is 1.94. The molecule has 2 aromatic carbocycles. The predicted molar refractivity (Wildman–Crippen MR) is 74.1 cm³/mol. The van der Waals surface area contributed by atoms with Crippen molar-refractivity contribution in [3.8, 4) is 0 Å². The van der Waals surface area contributed by atoms with Crippen LogP contribution in [-0.2, 0) is 24.4 Å². The van der Waals surface area contributed by atoms with E-state index >= 15 is 0 Å². The van der Waals surface area contributed by atoms with Crippen molar-refractivity contribution < 1.29 is 13.5 Å². The van der Waals surface area contributed by atoms with Gasteiger partial charge in [0, 0.05) is 20.2 Å². The van der Waals surface area contributed by atoms with Gasteiger partial charge >= 0.3 is 0 Å². The minimum atomic E-state index is -0.820. The van der Waals surface area contributed by atoms with Crippen LogP contribution in [0.3, 0.4) is 0 Å². The van der Waals surface area contributed by atoms with Gasteiger partial charge in [-0.2, -0.15) is 0 Å². The van der Waals surface area contributed by atoms with E-state index in [1.165, 1.54) is 6.07 Å². The summed E-state index contributed by atoms with van der Waals surface area (Å²) in [6, 6.07) is 11.9. The number of benzene rings is 2. The van der Waals surface area contributed by atoms with E-state index in [2.05, 4.69) is 5.32 Å². The van der Waals surface area contributed by atoms with Gasteiger partial charge in [-0.25, -0.2) is 8.78 Å². The van der Waals surface area contributed by atoms with Crippen LogP contribution in [0.25, 0.3) is 0 Å². The second-order valence-electron chi connectivity index (χ2n) is 4.55. The van der Waals surface area contributed by atoms with E-state index in [0.717, 1.165) is 17.2 Å². The molecule has 0 amide bonds. The maximum atomic E-state index is 13.1. The summed E-state index contributed by atoms with van der Waals surface area (Å²) in [6.45, 7) is 1.69. The third-order valence-corrected chi connectivity index (χ3v) is 3.05. The highest BCUT2D eigenvalue weighted by molar-refractivity contribution is 5.26. The fourth-order valence-electron chi connectivity index (χ4n) is 2.02. The van der Waals surface area contributed by atoms with Gasteiger partial charge in [0.2, 0.25) is 0 Å². The third-order valence-electron chi connectivity index (χ3n) is 3.05. The summed E-state index contributed by atoms with van der Waals surface area (Å²) in [6.07, 6.45) is 0. The lowest BCUT2D eigenvalue weighted by molar-refractivity contribution is 0.184. The SMILES string of the molecule is COCc1ccccc1CNCc1ccc(F)c(F)c1. The zero-order valence-corrected chi connectivity index (χ0v) is 11.3. The molecule has 0 spiro atoms. The van der Waals surface area contributed by atoms with Crippen LogP contribution in [0.15, 0.2) is 42.5 Å². The largest absolute Gasteiger partial charge is 0.380 e. The number of methoxy groups -OCH3 is 1. The summed E-state index contributed by atoms with van der Waals surface area (Å²) in [7, 11) is 1.66. The molecule has 1 N–H and O–H groups in total. The van der Waals surface area contributed by atoms with Gasteiger partial charge in [-0.1, -0.05) is 30.3 Å². The lowest BCUT2D eigenvalue weighted by Crippen LogP contribution is -2.14. The molecule has 4 heteroatoms. The maximum absolute atomic E-state index is 13.1. The molecule has 0 aromatic heterocycles. The molecular formula is C16H17F2NO. The molecule has 0 saturated heterocycles. The van der Waals surface area contributed by atoms with Crippen molar-refractivity contribution in [2.24, 2.45) is 0 Å². The Morgan fingerprint density at radius 1 is 0.950 bits per heavy atom.